The first kappa shape index (κ1) is 37.2. The van der Waals surface area contributed by atoms with Crippen molar-refractivity contribution in [3.8, 4) is 0 Å². The zero-order valence-electron chi connectivity index (χ0n) is 20.2. The summed E-state index contributed by atoms with van der Waals surface area (Å²) in [5.41, 5.74) is 0. The van der Waals surface area contributed by atoms with Crippen LogP contribution in [-0.2, 0) is 28.5 Å². The molecule has 0 aliphatic carbocycles. The van der Waals surface area contributed by atoms with Crippen LogP contribution in [0.15, 0.2) is 12.7 Å². The number of carbonyl (C=O) groups is 2. The predicted octanol–water partition coefficient (Wildman–Crippen LogP) is -14.2. The summed E-state index contributed by atoms with van der Waals surface area (Å²) in [5, 5.41) is 104. The Labute approximate surface area is 254 Å². The number of carboxylic acids is 2. The van der Waals surface area contributed by atoms with Gasteiger partial charge < -0.3 is 79.6 Å². The number of rotatable bonds is 11. The van der Waals surface area contributed by atoms with E-state index in [9.17, 15) is 55.5 Å². The van der Waals surface area contributed by atoms with Crippen LogP contribution in [0.3, 0.4) is 0 Å². The van der Waals surface area contributed by atoms with Gasteiger partial charge in [0.2, 0.25) is 11.6 Å². The fraction of sp³-hybridized carbons (Fsp3) is 0.789. The van der Waals surface area contributed by atoms with Crippen LogP contribution in [0, 0.1) is 0 Å². The maximum Gasteiger partial charge on any atom is 1.00 e. The molecule has 0 unspecified atom stereocenters. The number of hydrogen-bond acceptors (Lipinski definition) is 16. The minimum absolute atomic E-state index is 0. The second-order valence-corrected chi connectivity index (χ2v) is 8.04. The van der Waals surface area contributed by atoms with Crippen LogP contribution in [0.4, 0.5) is 0 Å². The van der Waals surface area contributed by atoms with E-state index < -0.39 is 105 Å². The van der Waals surface area contributed by atoms with Crippen LogP contribution in [-0.4, -0.2) is 139 Å². The second kappa shape index (κ2) is 15.3. The van der Waals surface area contributed by atoms with E-state index in [0.29, 0.717) is 0 Å². The fourth-order valence-corrected chi connectivity index (χ4v) is 3.84. The zero-order valence-corrected chi connectivity index (χ0v) is 24.2. The largest absolute Gasteiger partial charge is 1.00 e. The molecule has 11 atom stereocenters. The minimum atomic E-state index is -3.21. The molecule has 2 heterocycles. The van der Waals surface area contributed by atoms with Gasteiger partial charge in [-0.3, -0.25) is 0 Å². The number of ether oxygens (including phenoxy) is 4. The van der Waals surface area contributed by atoms with Gasteiger partial charge in [-0.1, -0.05) is 6.08 Å². The summed E-state index contributed by atoms with van der Waals surface area (Å²) in [4.78, 5) is 24.0. The van der Waals surface area contributed by atoms with Gasteiger partial charge in [0.05, 0.1) is 25.9 Å². The van der Waals surface area contributed by atoms with Crippen molar-refractivity contribution in [1.29, 1.82) is 0 Å². The molecule has 202 valence electrons. The summed E-state index contributed by atoms with van der Waals surface area (Å²) >= 11 is 0. The van der Waals surface area contributed by atoms with Crippen LogP contribution in [0.5, 0.6) is 0 Å². The van der Waals surface area contributed by atoms with Gasteiger partial charge in [0.25, 0.3) is 0 Å². The maximum absolute atomic E-state index is 12.1. The summed E-state index contributed by atoms with van der Waals surface area (Å²) in [7, 11) is 0. The van der Waals surface area contributed by atoms with Crippen molar-refractivity contribution < 1.29 is 139 Å². The van der Waals surface area contributed by atoms with Gasteiger partial charge in [-0.15, -0.1) is 6.58 Å². The third kappa shape index (κ3) is 7.49. The van der Waals surface area contributed by atoms with E-state index in [2.05, 4.69) is 6.58 Å². The molecule has 2 aliphatic rings. The molecular formula is C19H28Na2O16. The molecule has 8 N–H and O–H groups in total. The summed E-state index contributed by atoms with van der Waals surface area (Å²) in [6.07, 6.45) is -19.3. The molecule has 2 aliphatic heterocycles. The molecule has 37 heavy (non-hydrogen) atoms. The first-order valence-electron chi connectivity index (χ1n) is 10.3. The van der Waals surface area contributed by atoms with Crippen LogP contribution in [0.2, 0.25) is 0 Å². The van der Waals surface area contributed by atoms with E-state index in [0.717, 1.165) is 6.08 Å². The molecule has 0 aromatic heterocycles. The van der Waals surface area contributed by atoms with Crippen LogP contribution >= 0.6 is 0 Å². The molecule has 0 radical (unpaired) electrons. The van der Waals surface area contributed by atoms with Crippen molar-refractivity contribution in [3.05, 3.63) is 12.7 Å². The topological polar surface area (TPSA) is 279 Å². The number of hydrogen-bond donors (Lipinski definition) is 8. The normalized spacial score (nSPS) is 39.4. The van der Waals surface area contributed by atoms with Gasteiger partial charge in [-0.05, 0) is 0 Å². The van der Waals surface area contributed by atoms with E-state index in [-0.39, 0.29) is 59.1 Å². The molecule has 2 saturated heterocycles. The standard InChI is InChI=1S/C19H30O16.2Na/c1-2-3-32-19(17(30)31)15(27)14(11(26)13(35-19)9(24)6-21)34-18(16(28)29)4-7(22)10(25)12(33-18)8(23)5-20;;/h2,7-15,20-27H,1,3-6H2,(H,28,29)(H,30,31);;/q;2*+1/p-2/t7-,8-,9-,10-,11+,12-,13-,14+,15+,18+,19-;;/m1../s1. The molecule has 0 amide bonds. The van der Waals surface area contributed by atoms with Crippen molar-refractivity contribution in [2.24, 2.45) is 0 Å². The van der Waals surface area contributed by atoms with E-state index in [1.165, 1.54) is 0 Å². The number of carboxylic acid groups (broad SMARTS) is 2. The summed E-state index contributed by atoms with van der Waals surface area (Å²) in [5.74, 6) is -10.9. The van der Waals surface area contributed by atoms with E-state index in [1.807, 2.05) is 0 Å². The smallest absolute Gasteiger partial charge is 0.544 e. The second-order valence-electron chi connectivity index (χ2n) is 8.04. The average Bonchev–Trinajstić information content (AvgIpc) is 2.82. The molecule has 2 rings (SSSR count). The van der Waals surface area contributed by atoms with Crippen molar-refractivity contribution >= 4 is 11.9 Å². The van der Waals surface area contributed by atoms with Gasteiger partial charge in [0.1, 0.15) is 60.8 Å². The first-order valence-corrected chi connectivity index (χ1v) is 10.3. The summed E-state index contributed by atoms with van der Waals surface area (Å²) in [6.45, 7) is 0.525. The molecule has 0 spiro atoms. The molecule has 0 aromatic rings. The third-order valence-corrected chi connectivity index (χ3v) is 5.69. The van der Waals surface area contributed by atoms with E-state index in [4.69, 9.17) is 24.1 Å². The molecular weight excluding hydrogens is 530 g/mol. The van der Waals surface area contributed by atoms with Crippen molar-refractivity contribution in [2.45, 2.75) is 72.9 Å². The Morgan fingerprint density at radius 3 is 1.92 bits per heavy atom. The van der Waals surface area contributed by atoms with Crippen LogP contribution in [0.25, 0.3) is 0 Å². The monoisotopic (exact) mass is 558 g/mol. The number of aliphatic carboxylic acids is 2. The van der Waals surface area contributed by atoms with Gasteiger partial charge in [0, 0.05) is 6.42 Å². The Hall–Kier alpha value is 0.200. The third-order valence-electron chi connectivity index (χ3n) is 5.69. The van der Waals surface area contributed by atoms with Gasteiger partial charge in [-0.25, -0.2) is 0 Å². The van der Waals surface area contributed by atoms with Crippen molar-refractivity contribution in [2.75, 3.05) is 19.8 Å². The Morgan fingerprint density at radius 2 is 1.49 bits per heavy atom. The molecule has 0 saturated carbocycles. The van der Waals surface area contributed by atoms with Gasteiger partial charge in [0.15, 0.2) is 0 Å². The zero-order chi connectivity index (χ0) is 26.7. The van der Waals surface area contributed by atoms with Gasteiger partial charge >= 0.3 is 59.1 Å². The quantitative estimate of drug-likeness (QED) is 0.0863. The van der Waals surface area contributed by atoms with Gasteiger partial charge in [-0.2, -0.15) is 0 Å². The fourth-order valence-electron chi connectivity index (χ4n) is 3.84. The summed E-state index contributed by atoms with van der Waals surface area (Å²) in [6, 6.07) is 0. The molecule has 0 bridgehead atoms. The van der Waals surface area contributed by atoms with Crippen LogP contribution < -0.4 is 69.3 Å². The molecule has 2 fully saturated rings. The SMILES string of the molecule is C=CCO[C@@]1(C(=O)[O-])O[C@H]([C@H](O)CO)[C@H](O)[C@H](O[C@]2(C(=O)[O-])C[C@@H](O)[C@@H](O)[C@@H]([C@H](O)CO)O2)[C@@H]1O.[Na+].[Na+]. The Kier molecular flexibility index (Phi) is 15.4. The number of aliphatic hydroxyl groups is 8. The Bertz CT molecular complexity index is 774. The predicted molar refractivity (Wildman–Crippen MR) is 101 cm³/mol. The first-order chi connectivity index (χ1) is 16.3. The summed E-state index contributed by atoms with van der Waals surface area (Å²) < 4.78 is 20.4. The Morgan fingerprint density at radius 1 is 0.973 bits per heavy atom. The maximum atomic E-state index is 12.1. The van der Waals surface area contributed by atoms with E-state index in [1.54, 1.807) is 0 Å². The van der Waals surface area contributed by atoms with E-state index >= 15 is 0 Å². The molecule has 18 heteroatoms. The minimum Gasteiger partial charge on any atom is -0.544 e. The van der Waals surface area contributed by atoms with Crippen molar-refractivity contribution in [3.63, 3.8) is 0 Å². The molecule has 16 nitrogen and oxygen atoms in total. The van der Waals surface area contributed by atoms with Crippen molar-refractivity contribution in [1.82, 2.24) is 0 Å². The number of carbonyl (C=O) groups excluding carboxylic acids is 2. The Balaban J connectivity index is 0.00000648. The average molecular weight is 558 g/mol. The molecule has 0 aromatic carbocycles. The van der Waals surface area contributed by atoms with Crippen LogP contribution in [0.1, 0.15) is 6.42 Å². The number of aliphatic hydroxyl groups excluding tert-OH is 8.